The van der Waals surface area contributed by atoms with E-state index in [0.29, 0.717) is 17.6 Å². The zero-order valence-corrected chi connectivity index (χ0v) is 13.7. The fourth-order valence-electron chi connectivity index (χ4n) is 3.83. The molecule has 23 heavy (non-hydrogen) atoms. The van der Waals surface area contributed by atoms with Crippen LogP contribution in [0.15, 0.2) is 18.2 Å². The van der Waals surface area contributed by atoms with Gasteiger partial charge in [-0.15, -0.1) is 0 Å². The van der Waals surface area contributed by atoms with Crippen molar-refractivity contribution in [1.82, 2.24) is 10.9 Å². The number of rotatable bonds is 4. The third-order valence-corrected chi connectivity index (χ3v) is 5.10. The molecule has 3 atom stereocenters. The maximum absolute atomic E-state index is 12.1. The van der Waals surface area contributed by atoms with Gasteiger partial charge in [0, 0.05) is 5.92 Å². The molecule has 3 rings (SSSR count). The lowest BCUT2D eigenvalue weighted by Crippen LogP contribution is -2.47. The molecule has 0 aliphatic heterocycles. The highest BCUT2D eigenvalue weighted by atomic mass is 16.5. The number of carbonyl (C=O) groups is 2. The van der Waals surface area contributed by atoms with Crippen LogP contribution in [0.25, 0.3) is 0 Å². The average molecular weight is 316 g/mol. The van der Waals surface area contributed by atoms with E-state index < -0.39 is 0 Å². The van der Waals surface area contributed by atoms with E-state index in [9.17, 15) is 9.59 Å². The van der Waals surface area contributed by atoms with E-state index in [1.165, 1.54) is 12.8 Å². The van der Waals surface area contributed by atoms with Crippen LogP contribution in [0.3, 0.4) is 0 Å². The zero-order chi connectivity index (χ0) is 16.4. The number of nitrogens with one attached hydrogen (secondary N) is 2. The van der Waals surface area contributed by atoms with Crippen molar-refractivity contribution >= 4 is 11.8 Å². The van der Waals surface area contributed by atoms with E-state index >= 15 is 0 Å². The molecule has 1 aromatic carbocycles. The molecule has 2 bridgehead atoms. The number of benzene rings is 1. The largest absolute Gasteiger partial charge is 0.483 e. The zero-order valence-electron chi connectivity index (χ0n) is 13.7. The second-order valence-corrected chi connectivity index (χ2v) is 6.88. The third-order valence-electron chi connectivity index (χ3n) is 5.10. The highest BCUT2D eigenvalue weighted by molar-refractivity contribution is 5.84. The molecule has 2 saturated carbocycles. The summed E-state index contributed by atoms with van der Waals surface area (Å²) in [6.07, 6.45) is 4.53. The summed E-state index contributed by atoms with van der Waals surface area (Å²) in [6.45, 7) is 3.80. The van der Waals surface area contributed by atoms with Gasteiger partial charge in [-0.1, -0.05) is 18.6 Å². The highest BCUT2D eigenvalue weighted by Gasteiger charge is 2.43. The summed E-state index contributed by atoms with van der Waals surface area (Å²) in [5.41, 5.74) is 7.07. The summed E-state index contributed by atoms with van der Waals surface area (Å²) in [6, 6.07) is 5.85. The minimum Gasteiger partial charge on any atom is -0.483 e. The van der Waals surface area contributed by atoms with Crippen LogP contribution in [0.4, 0.5) is 0 Å². The van der Waals surface area contributed by atoms with E-state index in [0.717, 1.165) is 24.0 Å². The van der Waals surface area contributed by atoms with E-state index in [1.807, 2.05) is 32.0 Å². The fourth-order valence-corrected chi connectivity index (χ4v) is 3.83. The molecule has 5 nitrogen and oxygen atoms in total. The lowest BCUT2D eigenvalue weighted by molar-refractivity contribution is -0.133. The number of aryl methyl sites for hydroxylation is 2. The van der Waals surface area contributed by atoms with Gasteiger partial charge >= 0.3 is 0 Å². The summed E-state index contributed by atoms with van der Waals surface area (Å²) >= 11 is 0. The van der Waals surface area contributed by atoms with Gasteiger partial charge in [0.05, 0.1) is 0 Å². The topological polar surface area (TPSA) is 67.4 Å². The second kappa shape index (κ2) is 6.60. The van der Waals surface area contributed by atoms with Gasteiger partial charge in [-0.05, 0) is 62.1 Å². The van der Waals surface area contributed by atoms with Gasteiger partial charge in [0.1, 0.15) is 5.75 Å². The number of hydrogen-bond acceptors (Lipinski definition) is 3. The molecule has 0 aromatic heterocycles. The smallest absolute Gasteiger partial charge is 0.276 e. The lowest BCUT2D eigenvalue weighted by Gasteiger charge is -2.20. The summed E-state index contributed by atoms with van der Waals surface area (Å²) < 4.78 is 5.52. The molecule has 0 saturated heterocycles. The highest BCUT2D eigenvalue weighted by Crippen LogP contribution is 2.48. The Balaban J connectivity index is 1.43. The molecule has 2 amide bonds. The Morgan fingerprint density at radius 2 is 2.00 bits per heavy atom. The van der Waals surface area contributed by atoms with Crippen LogP contribution in [0.5, 0.6) is 5.75 Å². The Bertz CT molecular complexity index is 614. The number of carbonyl (C=O) groups excluding carboxylic acids is 2. The normalized spacial score (nSPS) is 25.2. The molecule has 0 radical (unpaired) electrons. The Morgan fingerprint density at radius 3 is 2.70 bits per heavy atom. The van der Waals surface area contributed by atoms with Gasteiger partial charge in [0.15, 0.2) is 6.61 Å². The number of fused-ring (bicyclic) bond motifs is 2. The number of hydrogen-bond donors (Lipinski definition) is 2. The standard InChI is InChI=1S/C18H24N2O3/c1-11-3-4-12(2)16(7-11)23-10-17(21)19-20-18(22)15-9-13-5-6-14(15)8-13/h3-4,7,13-15H,5-6,8-10H2,1-2H3,(H,19,21)(H,20,22). The summed E-state index contributed by atoms with van der Waals surface area (Å²) in [5.74, 6) is 1.57. The summed E-state index contributed by atoms with van der Waals surface area (Å²) in [7, 11) is 0. The van der Waals surface area contributed by atoms with Gasteiger partial charge in [0.2, 0.25) is 5.91 Å². The van der Waals surface area contributed by atoms with Crippen molar-refractivity contribution in [3.8, 4) is 5.75 Å². The molecular formula is C18H24N2O3. The summed E-state index contributed by atoms with van der Waals surface area (Å²) in [5, 5.41) is 0. The van der Waals surface area contributed by atoms with Crippen molar-refractivity contribution in [2.24, 2.45) is 17.8 Å². The van der Waals surface area contributed by atoms with Gasteiger partial charge in [-0.2, -0.15) is 0 Å². The van der Waals surface area contributed by atoms with Crippen molar-refractivity contribution in [1.29, 1.82) is 0 Å². The first-order chi connectivity index (χ1) is 11.0. The molecule has 1 aromatic rings. The van der Waals surface area contributed by atoms with Crippen molar-refractivity contribution in [3.05, 3.63) is 29.3 Å². The van der Waals surface area contributed by atoms with E-state index in [1.54, 1.807) is 0 Å². The van der Waals surface area contributed by atoms with Crippen molar-refractivity contribution in [2.75, 3.05) is 6.61 Å². The minimum absolute atomic E-state index is 0.0581. The first-order valence-corrected chi connectivity index (χ1v) is 8.31. The molecule has 2 fully saturated rings. The Labute approximate surface area is 136 Å². The van der Waals surface area contributed by atoms with Crippen LogP contribution in [-0.4, -0.2) is 18.4 Å². The van der Waals surface area contributed by atoms with Crippen LogP contribution in [0.2, 0.25) is 0 Å². The van der Waals surface area contributed by atoms with Crippen LogP contribution in [0.1, 0.15) is 36.8 Å². The van der Waals surface area contributed by atoms with Gasteiger partial charge in [-0.25, -0.2) is 0 Å². The SMILES string of the molecule is Cc1ccc(C)c(OCC(=O)NNC(=O)C2CC3CCC2C3)c1. The molecule has 3 unspecified atom stereocenters. The van der Waals surface area contributed by atoms with Crippen LogP contribution >= 0.6 is 0 Å². The molecule has 2 N–H and O–H groups in total. The number of amides is 2. The summed E-state index contributed by atoms with van der Waals surface area (Å²) in [4.78, 5) is 24.0. The van der Waals surface area contributed by atoms with Crippen LogP contribution < -0.4 is 15.6 Å². The molecule has 5 heteroatoms. The molecule has 0 spiro atoms. The van der Waals surface area contributed by atoms with Gasteiger partial charge < -0.3 is 4.74 Å². The molecule has 124 valence electrons. The minimum atomic E-state index is -0.345. The van der Waals surface area contributed by atoms with Crippen molar-refractivity contribution in [3.63, 3.8) is 0 Å². The van der Waals surface area contributed by atoms with E-state index in [4.69, 9.17) is 4.74 Å². The van der Waals surface area contributed by atoms with Crippen LogP contribution in [0, 0.1) is 31.6 Å². The fraction of sp³-hybridized carbons (Fsp3) is 0.556. The Hall–Kier alpha value is -2.04. The van der Waals surface area contributed by atoms with Gasteiger partial charge in [-0.3, -0.25) is 20.4 Å². The van der Waals surface area contributed by atoms with E-state index in [2.05, 4.69) is 10.9 Å². The molecule has 2 aliphatic carbocycles. The van der Waals surface area contributed by atoms with Crippen molar-refractivity contribution in [2.45, 2.75) is 39.5 Å². The van der Waals surface area contributed by atoms with E-state index in [-0.39, 0.29) is 24.3 Å². The quantitative estimate of drug-likeness (QED) is 0.837. The van der Waals surface area contributed by atoms with Gasteiger partial charge in [0.25, 0.3) is 5.91 Å². The predicted octanol–water partition coefficient (Wildman–Crippen LogP) is 2.27. The third kappa shape index (κ3) is 3.66. The number of ether oxygens (including phenoxy) is 1. The Kier molecular flexibility index (Phi) is 4.55. The van der Waals surface area contributed by atoms with Crippen molar-refractivity contribution < 1.29 is 14.3 Å². The second-order valence-electron chi connectivity index (χ2n) is 6.88. The average Bonchev–Trinajstić information content (AvgIpc) is 3.16. The molecular weight excluding hydrogens is 292 g/mol. The first kappa shape index (κ1) is 15.8. The molecule has 2 aliphatic rings. The maximum Gasteiger partial charge on any atom is 0.276 e. The first-order valence-electron chi connectivity index (χ1n) is 8.31. The molecule has 0 heterocycles. The van der Waals surface area contributed by atoms with Crippen LogP contribution in [-0.2, 0) is 9.59 Å². The number of hydrazine groups is 1. The maximum atomic E-state index is 12.1. The predicted molar refractivity (Wildman–Crippen MR) is 86.6 cm³/mol. The Morgan fingerprint density at radius 1 is 1.17 bits per heavy atom. The monoisotopic (exact) mass is 316 g/mol. The lowest BCUT2D eigenvalue weighted by atomic mass is 9.88.